The summed E-state index contributed by atoms with van der Waals surface area (Å²) in [6.45, 7) is 4.01. The molecular formula is C23H23N3O4S. The standard InChI is InChI=1S/C23H23N3O4S/c1-23(2)19(20(27)25-13-5-7-15-12(11-13)9-10-24-15)26-21(28)17-14(22(26)31-23)6-8-16(29-3)18(17)30-4/h5-11,19,22,24H,1-4H3,(H,25,27)/t19-,22+/m0/s1. The number of benzene rings is 2. The number of rotatable bonds is 4. The molecule has 1 aromatic heterocycles. The minimum absolute atomic E-state index is 0.207. The van der Waals surface area contributed by atoms with Crippen molar-refractivity contribution in [2.75, 3.05) is 19.5 Å². The van der Waals surface area contributed by atoms with E-state index in [1.165, 1.54) is 7.11 Å². The molecule has 7 nitrogen and oxygen atoms in total. The molecule has 2 atom stereocenters. The van der Waals surface area contributed by atoms with Crippen LogP contribution in [-0.4, -0.2) is 46.7 Å². The van der Waals surface area contributed by atoms with Crippen LogP contribution in [0.25, 0.3) is 10.9 Å². The van der Waals surface area contributed by atoms with Crippen LogP contribution in [0.2, 0.25) is 0 Å². The summed E-state index contributed by atoms with van der Waals surface area (Å²) in [5.41, 5.74) is 3.02. The zero-order chi connectivity index (χ0) is 21.9. The number of hydrogen-bond acceptors (Lipinski definition) is 5. The number of ether oxygens (including phenoxy) is 2. The van der Waals surface area contributed by atoms with Gasteiger partial charge < -0.3 is 24.7 Å². The van der Waals surface area contributed by atoms with Gasteiger partial charge in [-0.3, -0.25) is 9.59 Å². The Morgan fingerprint density at radius 1 is 1.16 bits per heavy atom. The number of fused-ring (bicyclic) bond motifs is 4. The summed E-state index contributed by atoms with van der Waals surface area (Å²) in [6, 6.07) is 10.7. The summed E-state index contributed by atoms with van der Waals surface area (Å²) < 4.78 is 10.4. The highest BCUT2D eigenvalue weighted by molar-refractivity contribution is 8.01. The lowest BCUT2D eigenvalue weighted by Crippen LogP contribution is -2.50. The zero-order valence-corrected chi connectivity index (χ0v) is 18.5. The molecule has 0 aliphatic carbocycles. The van der Waals surface area contributed by atoms with E-state index in [0.29, 0.717) is 22.7 Å². The van der Waals surface area contributed by atoms with Crippen molar-refractivity contribution < 1.29 is 19.1 Å². The van der Waals surface area contributed by atoms with E-state index in [1.807, 2.05) is 56.4 Å². The molecule has 0 bridgehead atoms. The zero-order valence-electron chi connectivity index (χ0n) is 17.7. The Morgan fingerprint density at radius 3 is 2.71 bits per heavy atom. The van der Waals surface area contributed by atoms with E-state index in [0.717, 1.165) is 16.5 Å². The predicted molar refractivity (Wildman–Crippen MR) is 121 cm³/mol. The molecule has 160 valence electrons. The lowest BCUT2D eigenvalue weighted by molar-refractivity contribution is -0.121. The van der Waals surface area contributed by atoms with Crippen LogP contribution >= 0.6 is 11.8 Å². The van der Waals surface area contributed by atoms with E-state index >= 15 is 0 Å². The number of carbonyl (C=O) groups is 2. The molecule has 0 unspecified atom stereocenters. The summed E-state index contributed by atoms with van der Waals surface area (Å²) in [4.78, 5) is 31.8. The lowest BCUT2D eigenvalue weighted by atomic mass is 10.0. The van der Waals surface area contributed by atoms with Crippen LogP contribution in [-0.2, 0) is 4.79 Å². The molecule has 2 aliphatic heterocycles. The molecule has 1 saturated heterocycles. The maximum absolute atomic E-state index is 13.5. The molecule has 8 heteroatoms. The summed E-state index contributed by atoms with van der Waals surface area (Å²) in [5, 5.41) is 3.78. The number of amides is 2. The molecule has 0 spiro atoms. The Hall–Kier alpha value is -3.13. The number of anilines is 1. The normalized spacial score (nSPS) is 21.2. The van der Waals surface area contributed by atoms with E-state index in [4.69, 9.17) is 9.47 Å². The fourth-order valence-corrected chi connectivity index (χ4v) is 6.18. The molecule has 5 rings (SSSR count). The second kappa shape index (κ2) is 6.95. The predicted octanol–water partition coefficient (Wildman–Crippen LogP) is 4.17. The maximum Gasteiger partial charge on any atom is 0.260 e. The molecule has 2 amide bonds. The molecule has 1 fully saturated rings. The number of thioether (sulfide) groups is 1. The highest BCUT2D eigenvalue weighted by Gasteiger charge is 2.58. The van der Waals surface area contributed by atoms with E-state index in [9.17, 15) is 9.59 Å². The van der Waals surface area contributed by atoms with Gasteiger partial charge in [0.05, 0.1) is 19.8 Å². The molecule has 0 saturated carbocycles. The maximum atomic E-state index is 13.5. The smallest absolute Gasteiger partial charge is 0.260 e. The Morgan fingerprint density at radius 2 is 1.97 bits per heavy atom. The second-order valence-electron chi connectivity index (χ2n) is 8.22. The molecule has 2 aliphatic rings. The Labute approximate surface area is 184 Å². The van der Waals surface area contributed by atoms with Gasteiger partial charge in [0, 0.05) is 33.1 Å². The van der Waals surface area contributed by atoms with Gasteiger partial charge >= 0.3 is 0 Å². The van der Waals surface area contributed by atoms with Crippen LogP contribution in [0.3, 0.4) is 0 Å². The number of aromatic amines is 1. The van der Waals surface area contributed by atoms with Gasteiger partial charge in [-0.2, -0.15) is 0 Å². The van der Waals surface area contributed by atoms with Crippen LogP contribution < -0.4 is 14.8 Å². The third-order valence-electron chi connectivity index (χ3n) is 5.97. The first-order valence-corrected chi connectivity index (χ1v) is 10.9. The summed E-state index contributed by atoms with van der Waals surface area (Å²) in [6.07, 6.45) is 1.86. The molecule has 3 aromatic rings. The van der Waals surface area contributed by atoms with Crippen LogP contribution in [0.15, 0.2) is 42.6 Å². The van der Waals surface area contributed by atoms with Crippen molar-refractivity contribution >= 4 is 40.2 Å². The second-order valence-corrected chi connectivity index (χ2v) is 9.96. The van der Waals surface area contributed by atoms with Crippen molar-refractivity contribution in [2.24, 2.45) is 0 Å². The first-order chi connectivity index (χ1) is 14.9. The van der Waals surface area contributed by atoms with Crippen molar-refractivity contribution in [3.05, 3.63) is 53.7 Å². The Bertz CT molecular complexity index is 1220. The van der Waals surface area contributed by atoms with Gasteiger partial charge in [-0.1, -0.05) is 6.07 Å². The van der Waals surface area contributed by atoms with Crippen LogP contribution in [0.4, 0.5) is 5.69 Å². The van der Waals surface area contributed by atoms with Gasteiger partial charge in [0.1, 0.15) is 11.4 Å². The van der Waals surface area contributed by atoms with Gasteiger partial charge in [0.25, 0.3) is 5.91 Å². The largest absolute Gasteiger partial charge is 0.493 e. The number of carbonyl (C=O) groups excluding carboxylic acids is 2. The number of hydrogen-bond donors (Lipinski definition) is 2. The fourth-order valence-electron chi connectivity index (χ4n) is 4.60. The van der Waals surface area contributed by atoms with Gasteiger partial charge in [0.2, 0.25) is 5.91 Å². The highest BCUT2D eigenvalue weighted by atomic mass is 32.2. The summed E-state index contributed by atoms with van der Waals surface area (Å²) in [7, 11) is 3.06. The third kappa shape index (κ3) is 2.89. The van der Waals surface area contributed by atoms with E-state index in [-0.39, 0.29) is 17.2 Å². The van der Waals surface area contributed by atoms with Crippen LogP contribution in [0.1, 0.15) is 35.1 Å². The highest BCUT2D eigenvalue weighted by Crippen LogP contribution is 2.58. The number of aromatic nitrogens is 1. The molecular weight excluding hydrogens is 414 g/mol. The average Bonchev–Trinajstić information content (AvgIpc) is 3.39. The molecule has 2 aromatic carbocycles. The van der Waals surface area contributed by atoms with Crippen molar-refractivity contribution in [1.29, 1.82) is 0 Å². The molecule has 2 N–H and O–H groups in total. The SMILES string of the molecule is COc1ccc2c(c1OC)C(=O)N1[C@@H]2SC(C)(C)[C@@H]1C(=O)Nc1ccc2[nH]ccc2c1. The minimum Gasteiger partial charge on any atom is -0.493 e. The topological polar surface area (TPSA) is 83.7 Å². The van der Waals surface area contributed by atoms with Crippen molar-refractivity contribution in [1.82, 2.24) is 9.88 Å². The number of nitrogens with zero attached hydrogens (tertiary/aromatic N) is 1. The Kier molecular flexibility index (Phi) is 4.44. The lowest BCUT2D eigenvalue weighted by Gasteiger charge is -2.29. The summed E-state index contributed by atoms with van der Waals surface area (Å²) >= 11 is 1.61. The van der Waals surface area contributed by atoms with Gasteiger partial charge in [0.15, 0.2) is 11.5 Å². The van der Waals surface area contributed by atoms with E-state index in [1.54, 1.807) is 23.8 Å². The van der Waals surface area contributed by atoms with Crippen molar-refractivity contribution in [2.45, 2.75) is 30.0 Å². The monoisotopic (exact) mass is 437 g/mol. The van der Waals surface area contributed by atoms with Crippen LogP contribution in [0, 0.1) is 0 Å². The number of nitrogens with one attached hydrogen (secondary N) is 2. The van der Waals surface area contributed by atoms with Crippen molar-refractivity contribution in [3.63, 3.8) is 0 Å². The quantitative estimate of drug-likeness (QED) is 0.640. The number of H-pyrrole nitrogens is 1. The molecule has 0 radical (unpaired) electrons. The van der Waals surface area contributed by atoms with Crippen molar-refractivity contribution in [3.8, 4) is 11.5 Å². The van der Waals surface area contributed by atoms with Crippen LogP contribution in [0.5, 0.6) is 11.5 Å². The fraction of sp³-hybridized carbons (Fsp3) is 0.304. The molecule has 3 heterocycles. The minimum atomic E-state index is -0.639. The number of methoxy groups -OCH3 is 2. The van der Waals surface area contributed by atoms with Gasteiger partial charge in [-0.05, 0) is 44.2 Å². The van der Waals surface area contributed by atoms with Gasteiger partial charge in [-0.15, -0.1) is 11.8 Å². The van der Waals surface area contributed by atoms with Gasteiger partial charge in [-0.25, -0.2) is 0 Å². The third-order valence-corrected chi connectivity index (χ3v) is 7.50. The Balaban J connectivity index is 1.51. The first kappa shape index (κ1) is 19.8. The molecule has 31 heavy (non-hydrogen) atoms. The first-order valence-electron chi connectivity index (χ1n) is 9.99. The average molecular weight is 438 g/mol. The summed E-state index contributed by atoms with van der Waals surface area (Å²) in [5.74, 6) is 0.493. The van der Waals surface area contributed by atoms with E-state index in [2.05, 4.69) is 10.3 Å². The van der Waals surface area contributed by atoms with E-state index < -0.39 is 10.8 Å².